The molecule has 1 amide bonds. The number of hydrogen-bond donors (Lipinski definition) is 2. The Morgan fingerprint density at radius 1 is 1.13 bits per heavy atom. The van der Waals surface area contributed by atoms with Crippen molar-refractivity contribution in [1.82, 2.24) is 5.32 Å². The Hall–Kier alpha value is -2.33. The molecule has 0 saturated heterocycles. The van der Waals surface area contributed by atoms with Crippen molar-refractivity contribution in [2.24, 2.45) is 0 Å². The number of hydrogen-bond acceptors (Lipinski definition) is 3. The van der Waals surface area contributed by atoms with E-state index in [9.17, 15) is 9.90 Å². The maximum absolute atomic E-state index is 11.8. The van der Waals surface area contributed by atoms with Gasteiger partial charge >= 0.3 is 0 Å². The predicted octanol–water partition coefficient (Wildman–Crippen LogP) is 3.00. The molecule has 2 rings (SSSR count). The van der Waals surface area contributed by atoms with Crippen molar-refractivity contribution in [2.45, 2.75) is 25.9 Å². The number of amides is 1. The minimum Gasteiger partial charge on any atom is -0.493 e. The van der Waals surface area contributed by atoms with Crippen molar-refractivity contribution in [3.63, 3.8) is 0 Å². The highest BCUT2D eigenvalue weighted by atomic mass is 16.5. The summed E-state index contributed by atoms with van der Waals surface area (Å²) in [7, 11) is 0. The Labute approximate surface area is 137 Å². The first-order valence-corrected chi connectivity index (χ1v) is 7.85. The molecule has 0 aliphatic heterocycles. The average molecular weight is 313 g/mol. The number of aliphatic hydroxyl groups is 1. The van der Waals surface area contributed by atoms with Crippen LogP contribution in [-0.4, -0.2) is 24.2 Å². The summed E-state index contributed by atoms with van der Waals surface area (Å²) in [5, 5.41) is 12.8. The second kappa shape index (κ2) is 8.96. The molecule has 23 heavy (non-hydrogen) atoms. The van der Waals surface area contributed by atoms with E-state index in [4.69, 9.17) is 4.74 Å². The molecular weight excluding hydrogens is 290 g/mol. The fourth-order valence-corrected chi connectivity index (χ4v) is 2.24. The van der Waals surface area contributed by atoms with Gasteiger partial charge in [-0.15, -0.1) is 0 Å². The standard InChI is InChI=1S/C19H23NO3/c1-15-8-5-6-11-18(15)23-13-7-12-20-19(22)14-17(21)16-9-3-2-4-10-16/h2-6,8-11,17,21H,7,12-14H2,1H3,(H,20,22). The van der Waals surface area contributed by atoms with Crippen molar-refractivity contribution < 1.29 is 14.6 Å². The topological polar surface area (TPSA) is 58.6 Å². The number of benzene rings is 2. The van der Waals surface area contributed by atoms with Crippen molar-refractivity contribution in [3.05, 3.63) is 65.7 Å². The first-order chi connectivity index (χ1) is 11.2. The largest absolute Gasteiger partial charge is 0.493 e. The summed E-state index contributed by atoms with van der Waals surface area (Å²) in [5.41, 5.74) is 1.85. The molecule has 4 heteroatoms. The summed E-state index contributed by atoms with van der Waals surface area (Å²) in [6.07, 6.45) is 0.0314. The highest BCUT2D eigenvalue weighted by molar-refractivity contribution is 5.76. The molecule has 0 spiro atoms. The van der Waals surface area contributed by atoms with Gasteiger partial charge in [0.2, 0.25) is 5.91 Å². The van der Waals surface area contributed by atoms with Crippen LogP contribution in [0.5, 0.6) is 5.75 Å². The third-order valence-electron chi connectivity index (χ3n) is 3.56. The number of aliphatic hydroxyl groups excluding tert-OH is 1. The Balaban J connectivity index is 1.63. The van der Waals surface area contributed by atoms with Crippen molar-refractivity contribution in [1.29, 1.82) is 0 Å². The summed E-state index contributed by atoms with van der Waals surface area (Å²) in [6, 6.07) is 17.0. The van der Waals surface area contributed by atoms with Gasteiger partial charge in [0.1, 0.15) is 5.75 Å². The van der Waals surface area contributed by atoms with E-state index < -0.39 is 6.10 Å². The van der Waals surface area contributed by atoms with E-state index >= 15 is 0 Å². The van der Waals surface area contributed by atoms with Gasteiger partial charge in [0.05, 0.1) is 19.1 Å². The summed E-state index contributed by atoms with van der Waals surface area (Å²) in [5.74, 6) is 0.718. The van der Waals surface area contributed by atoms with Crippen molar-refractivity contribution in [2.75, 3.05) is 13.2 Å². The van der Waals surface area contributed by atoms with Crippen molar-refractivity contribution >= 4 is 5.91 Å². The van der Waals surface area contributed by atoms with Gasteiger partial charge in [0.25, 0.3) is 0 Å². The Kier molecular flexibility index (Phi) is 6.63. The van der Waals surface area contributed by atoms with Crippen LogP contribution in [0.1, 0.15) is 30.1 Å². The number of aryl methyl sites for hydroxylation is 1. The monoisotopic (exact) mass is 313 g/mol. The van der Waals surface area contributed by atoms with E-state index in [2.05, 4.69) is 5.32 Å². The zero-order valence-corrected chi connectivity index (χ0v) is 13.4. The van der Waals surface area contributed by atoms with Crippen LogP contribution in [0.15, 0.2) is 54.6 Å². The van der Waals surface area contributed by atoms with E-state index in [1.807, 2.05) is 61.5 Å². The normalized spacial score (nSPS) is 11.7. The fraction of sp³-hybridized carbons (Fsp3) is 0.316. The van der Waals surface area contributed by atoms with Crippen LogP contribution in [0.3, 0.4) is 0 Å². The minimum absolute atomic E-state index is 0.0721. The average Bonchev–Trinajstić information content (AvgIpc) is 2.57. The number of rotatable bonds is 8. The third-order valence-corrected chi connectivity index (χ3v) is 3.56. The lowest BCUT2D eigenvalue weighted by Gasteiger charge is -2.12. The molecule has 0 aliphatic carbocycles. The second-order valence-electron chi connectivity index (χ2n) is 5.45. The number of ether oxygens (including phenoxy) is 1. The van der Waals surface area contributed by atoms with E-state index in [-0.39, 0.29) is 12.3 Å². The van der Waals surface area contributed by atoms with Gasteiger partial charge in [0.15, 0.2) is 0 Å². The minimum atomic E-state index is -0.764. The van der Waals surface area contributed by atoms with Gasteiger partial charge in [-0.25, -0.2) is 0 Å². The molecule has 2 aromatic rings. The van der Waals surface area contributed by atoms with E-state index in [0.29, 0.717) is 13.2 Å². The van der Waals surface area contributed by atoms with Gasteiger partial charge in [-0.1, -0.05) is 48.5 Å². The van der Waals surface area contributed by atoms with Gasteiger partial charge in [-0.2, -0.15) is 0 Å². The van der Waals surface area contributed by atoms with Crippen LogP contribution in [0.4, 0.5) is 0 Å². The van der Waals surface area contributed by atoms with Crippen LogP contribution < -0.4 is 10.1 Å². The molecule has 1 atom stereocenters. The fourth-order valence-electron chi connectivity index (χ4n) is 2.24. The molecule has 0 aromatic heterocycles. The molecule has 2 N–H and O–H groups in total. The van der Waals surface area contributed by atoms with Gasteiger partial charge in [-0.05, 0) is 30.5 Å². The van der Waals surface area contributed by atoms with Crippen LogP contribution in [-0.2, 0) is 4.79 Å². The molecule has 0 fully saturated rings. The number of para-hydroxylation sites is 1. The zero-order valence-electron chi connectivity index (χ0n) is 13.4. The summed E-state index contributed by atoms with van der Waals surface area (Å²) >= 11 is 0. The molecule has 4 nitrogen and oxygen atoms in total. The van der Waals surface area contributed by atoms with Gasteiger partial charge in [0, 0.05) is 6.54 Å². The Bertz CT molecular complexity index is 613. The molecular formula is C19H23NO3. The van der Waals surface area contributed by atoms with Gasteiger partial charge < -0.3 is 15.2 Å². The molecule has 2 aromatic carbocycles. The molecule has 1 unspecified atom stereocenters. The Morgan fingerprint density at radius 2 is 1.83 bits per heavy atom. The van der Waals surface area contributed by atoms with Crippen LogP contribution in [0, 0.1) is 6.92 Å². The van der Waals surface area contributed by atoms with Gasteiger partial charge in [-0.3, -0.25) is 4.79 Å². The first kappa shape index (κ1) is 17.0. The molecule has 0 bridgehead atoms. The lowest BCUT2D eigenvalue weighted by Crippen LogP contribution is -2.27. The molecule has 0 saturated carbocycles. The highest BCUT2D eigenvalue weighted by Crippen LogP contribution is 2.16. The van der Waals surface area contributed by atoms with E-state index in [1.54, 1.807) is 0 Å². The Morgan fingerprint density at radius 3 is 2.57 bits per heavy atom. The summed E-state index contributed by atoms with van der Waals surface area (Å²) in [6.45, 7) is 3.08. The lowest BCUT2D eigenvalue weighted by molar-refractivity contribution is -0.123. The first-order valence-electron chi connectivity index (χ1n) is 7.85. The number of carbonyl (C=O) groups excluding carboxylic acids is 1. The lowest BCUT2D eigenvalue weighted by atomic mass is 10.1. The molecule has 122 valence electrons. The maximum atomic E-state index is 11.8. The molecule has 0 aliphatic rings. The van der Waals surface area contributed by atoms with Crippen LogP contribution in [0.2, 0.25) is 0 Å². The molecule has 0 heterocycles. The zero-order chi connectivity index (χ0) is 16.5. The quantitative estimate of drug-likeness (QED) is 0.737. The SMILES string of the molecule is Cc1ccccc1OCCCNC(=O)CC(O)c1ccccc1. The third kappa shape index (κ3) is 5.75. The second-order valence-corrected chi connectivity index (χ2v) is 5.45. The summed E-state index contributed by atoms with van der Waals surface area (Å²) < 4.78 is 5.67. The predicted molar refractivity (Wildman–Crippen MR) is 90.3 cm³/mol. The van der Waals surface area contributed by atoms with Crippen LogP contribution >= 0.6 is 0 Å². The van der Waals surface area contributed by atoms with Crippen molar-refractivity contribution in [3.8, 4) is 5.75 Å². The summed E-state index contributed by atoms with van der Waals surface area (Å²) in [4.78, 5) is 11.8. The van der Waals surface area contributed by atoms with E-state index in [1.165, 1.54) is 0 Å². The molecule has 0 radical (unpaired) electrons. The number of nitrogens with one attached hydrogen (secondary N) is 1. The van der Waals surface area contributed by atoms with E-state index in [0.717, 1.165) is 23.3 Å². The highest BCUT2D eigenvalue weighted by Gasteiger charge is 2.12. The maximum Gasteiger partial charge on any atom is 0.222 e. The smallest absolute Gasteiger partial charge is 0.222 e. The van der Waals surface area contributed by atoms with Crippen LogP contribution in [0.25, 0.3) is 0 Å². The number of carbonyl (C=O) groups is 1.